The number of benzene rings is 1. The first-order valence-corrected chi connectivity index (χ1v) is 9.80. The van der Waals surface area contributed by atoms with Gasteiger partial charge in [-0.15, -0.1) is 0 Å². The highest BCUT2D eigenvalue weighted by Gasteiger charge is 2.36. The Bertz CT molecular complexity index is 974. The molecular formula is C21H24FN5O3. The molecule has 0 radical (unpaired) electrons. The minimum atomic E-state index is -0.933. The van der Waals surface area contributed by atoms with Crippen LogP contribution in [0.4, 0.5) is 15.8 Å². The molecule has 30 heavy (non-hydrogen) atoms. The van der Waals surface area contributed by atoms with Crippen molar-refractivity contribution in [1.82, 2.24) is 5.32 Å². The monoisotopic (exact) mass is 413 g/mol. The second-order valence-corrected chi connectivity index (χ2v) is 7.84. The third kappa shape index (κ3) is 3.80. The van der Waals surface area contributed by atoms with E-state index in [1.807, 2.05) is 11.8 Å². The number of hydrogen-bond donors (Lipinski definition) is 4. The van der Waals surface area contributed by atoms with Crippen molar-refractivity contribution in [3.8, 4) is 5.75 Å². The smallest absolute Gasteiger partial charge is 0.261 e. The second-order valence-electron chi connectivity index (χ2n) is 7.84. The average Bonchev–Trinajstić information content (AvgIpc) is 3.31. The SMILES string of the molecule is C[C@]1(CO)Cc2cc(NC(=O)/C(C=N)=C3\N=CC=CN3)c(N3CC[C@H](F)C3)cc2O1. The zero-order valence-corrected chi connectivity index (χ0v) is 16.6. The number of fused-ring (bicyclic) bond motifs is 1. The summed E-state index contributed by atoms with van der Waals surface area (Å²) in [6, 6.07) is 3.60. The summed E-state index contributed by atoms with van der Waals surface area (Å²) in [7, 11) is 0. The van der Waals surface area contributed by atoms with Gasteiger partial charge in [-0.2, -0.15) is 0 Å². The Balaban J connectivity index is 1.69. The molecule has 1 fully saturated rings. The molecule has 1 amide bonds. The van der Waals surface area contributed by atoms with Crippen molar-refractivity contribution in [2.24, 2.45) is 4.99 Å². The average molecular weight is 413 g/mol. The minimum Gasteiger partial charge on any atom is -0.484 e. The number of halogens is 1. The second kappa shape index (κ2) is 7.91. The van der Waals surface area contributed by atoms with E-state index in [1.165, 1.54) is 6.21 Å². The van der Waals surface area contributed by atoms with Crippen molar-refractivity contribution >= 4 is 29.7 Å². The summed E-state index contributed by atoms with van der Waals surface area (Å²) in [5.41, 5.74) is 1.35. The van der Waals surface area contributed by atoms with Crippen LogP contribution in [-0.4, -0.2) is 54.9 Å². The number of amides is 1. The molecule has 0 unspecified atom stereocenters. The van der Waals surface area contributed by atoms with Gasteiger partial charge in [0.1, 0.15) is 23.3 Å². The van der Waals surface area contributed by atoms with Gasteiger partial charge in [-0.1, -0.05) is 0 Å². The van der Waals surface area contributed by atoms with Gasteiger partial charge in [0.25, 0.3) is 5.91 Å². The normalized spacial score (nSPS) is 26.1. The first-order chi connectivity index (χ1) is 14.4. The fraction of sp³-hybridized carbons (Fsp3) is 0.381. The number of carbonyl (C=O) groups excluding carboxylic acids is 1. The van der Waals surface area contributed by atoms with Crippen molar-refractivity contribution < 1.29 is 19.0 Å². The number of rotatable bonds is 5. The Morgan fingerprint density at radius 3 is 3.03 bits per heavy atom. The maximum absolute atomic E-state index is 13.9. The summed E-state index contributed by atoms with van der Waals surface area (Å²) < 4.78 is 19.8. The van der Waals surface area contributed by atoms with Crippen LogP contribution in [0.2, 0.25) is 0 Å². The van der Waals surface area contributed by atoms with E-state index in [-0.39, 0.29) is 24.5 Å². The lowest BCUT2D eigenvalue weighted by Crippen LogP contribution is -2.34. The maximum Gasteiger partial charge on any atom is 0.261 e. The van der Waals surface area contributed by atoms with Crippen molar-refractivity contribution in [2.45, 2.75) is 31.5 Å². The lowest BCUT2D eigenvalue weighted by atomic mass is 9.99. The van der Waals surface area contributed by atoms with E-state index >= 15 is 0 Å². The molecule has 1 saturated heterocycles. The molecular weight excluding hydrogens is 389 g/mol. The number of aliphatic imine (C=N–C) groups is 1. The van der Waals surface area contributed by atoms with Crippen LogP contribution in [0.15, 0.2) is 40.8 Å². The lowest BCUT2D eigenvalue weighted by molar-refractivity contribution is -0.112. The molecule has 1 aromatic rings. The molecule has 4 rings (SSSR count). The molecule has 3 aliphatic heterocycles. The molecule has 0 aromatic heterocycles. The maximum atomic E-state index is 13.9. The lowest BCUT2D eigenvalue weighted by Gasteiger charge is -2.23. The number of anilines is 2. The zero-order valence-electron chi connectivity index (χ0n) is 16.6. The van der Waals surface area contributed by atoms with Crippen molar-refractivity contribution in [1.29, 1.82) is 5.41 Å². The fourth-order valence-electron chi connectivity index (χ4n) is 3.84. The van der Waals surface area contributed by atoms with Crippen LogP contribution in [0, 0.1) is 5.41 Å². The van der Waals surface area contributed by atoms with Gasteiger partial charge in [-0.25, -0.2) is 9.38 Å². The molecule has 0 spiro atoms. The van der Waals surface area contributed by atoms with E-state index < -0.39 is 17.7 Å². The number of hydrogen-bond acceptors (Lipinski definition) is 7. The van der Waals surface area contributed by atoms with Gasteiger partial charge in [0.2, 0.25) is 0 Å². The predicted molar refractivity (Wildman–Crippen MR) is 113 cm³/mol. The highest BCUT2D eigenvalue weighted by molar-refractivity contribution is 6.18. The zero-order chi connectivity index (χ0) is 21.3. The number of carbonyl (C=O) groups is 1. The number of allylic oxidation sites excluding steroid dienone is 1. The molecule has 0 bridgehead atoms. The van der Waals surface area contributed by atoms with Crippen LogP contribution in [0.5, 0.6) is 5.75 Å². The number of alkyl halides is 1. The number of ether oxygens (including phenoxy) is 1. The highest BCUT2D eigenvalue weighted by Crippen LogP contribution is 2.42. The number of aliphatic hydroxyl groups excluding tert-OH is 1. The third-order valence-electron chi connectivity index (χ3n) is 5.40. The van der Waals surface area contributed by atoms with Gasteiger partial charge in [-0.05, 0) is 25.5 Å². The van der Waals surface area contributed by atoms with Crippen molar-refractivity contribution in [2.75, 3.05) is 29.9 Å². The molecule has 9 heteroatoms. The summed E-state index contributed by atoms with van der Waals surface area (Å²) >= 11 is 0. The first kappa shape index (κ1) is 20.1. The van der Waals surface area contributed by atoms with Gasteiger partial charge in [0.15, 0.2) is 0 Å². The van der Waals surface area contributed by atoms with Crippen LogP contribution in [-0.2, 0) is 11.2 Å². The number of nitrogens with one attached hydrogen (secondary N) is 3. The van der Waals surface area contributed by atoms with Crippen LogP contribution in [0.3, 0.4) is 0 Å². The fourth-order valence-corrected chi connectivity index (χ4v) is 3.84. The Kier molecular flexibility index (Phi) is 5.29. The molecule has 3 heterocycles. The molecule has 8 nitrogen and oxygen atoms in total. The quantitative estimate of drug-likeness (QED) is 0.435. The molecule has 0 aliphatic carbocycles. The van der Waals surface area contributed by atoms with Gasteiger partial charge in [0, 0.05) is 49.8 Å². The molecule has 3 aliphatic rings. The molecule has 2 atom stereocenters. The molecule has 4 N–H and O–H groups in total. The van der Waals surface area contributed by atoms with Crippen LogP contribution >= 0.6 is 0 Å². The third-order valence-corrected chi connectivity index (χ3v) is 5.40. The van der Waals surface area contributed by atoms with E-state index in [0.29, 0.717) is 36.5 Å². The largest absolute Gasteiger partial charge is 0.484 e. The van der Waals surface area contributed by atoms with Crippen molar-refractivity contribution in [3.63, 3.8) is 0 Å². The number of nitrogens with zero attached hydrogens (tertiary/aromatic N) is 2. The summed E-state index contributed by atoms with van der Waals surface area (Å²) in [6.07, 6.45) is 5.75. The van der Waals surface area contributed by atoms with Gasteiger partial charge in [0.05, 0.1) is 23.6 Å². The van der Waals surface area contributed by atoms with Crippen molar-refractivity contribution in [3.05, 3.63) is 41.4 Å². The van der Waals surface area contributed by atoms with Crippen LogP contribution in [0.25, 0.3) is 0 Å². The van der Waals surface area contributed by atoms with Gasteiger partial charge >= 0.3 is 0 Å². The summed E-state index contributed by atoms with van der Waals surface area (Å²) in [5.74, 6) is 0.394. The Labute approximate surface area is 173 Å². The highest BCUT2D eigenvalue weighted by atomic mass is 19.1. The predicted octanol–water partition coefficient (Wildman–Crippen LogP) is 1.91. The Morgan fingerprint density at radius 2 is 2.40 bits per heavy atom. The molecule has 0 saturated carbocycles. The van der Waals surface area contributed by atoms with Gasteiger partial charge < -0.3 is 30.8 Å². The van der Waals surface area contributed by atoms with Gasteiger partial charge in [-0.3, -0.25) is 4.79 Å². The summed E-state index contributed by atoms with van der Waals surface area (Å²) in [6.45, 7) is 2.43. The molecule has 158 valence electrons. The Morgan fingerprint density at radius 1 is 1.57 bits per heavy atom. The summed E-state index contributed by atoms with van der Waals surface area (Å²) in [4.78, 5) is 18.9. The van der Waals surface area contributed by atoms with E-state index in [4.69, 9.17) is 10.1 Å². The van der Waals surface area contributed by atoms with Crippen LogP contribution in [0.1, 0.15) is 18.9 Å². The molecule has 1 aromatic carbocycles. The van der Waals surface area contributed by atoms with E-state index in [9.17, 15) is 14.3 Å². The standard InChI is InChI=1S/C21H24FN5O3/c1-21(12-28)9-13-7-16(17(8-18(13)30-21)27-6-3-14(22)11-27)26-20(29)15(10-23)19-24-4-2-5-25-19/h2,4-5,7-8,10,14,23-24,28H,3,6,9,11-12H2,1H3,(H,26,29)/b19-15-,23-10?/t14-,21+/m0/s1. The number of aliphatic hydroxyl groups is 1. The van der Waals surface area contributed by atoms with E-state index in [1.54, 1.807) is 24.4 Å². The van der Waals surface area contributed by atoms with Crippen LogP contribution < -0.4 is 20.3 Å². The van der Waals surface area contributed by atoms with E-state index in [2.05, 4.69) is 15.6 Å². The van der Waals surface area contributed by atoms with E-state index in [0.717, 1.165) is 11.8 Å². The summed E-state index contributed by atoms with van der Waals surface area (Å²) in [5, 5.41) is 23.0. The Hall–Kier alpha value is -3.20. The topological polar surface area (TPSA) is 110 Å². The minimum absolute atomic E-state index is 0.0725. The first-order valence-electron chi connectivity index (χ1n) is 9.80.